The molecule has 156 valence electrons. The molecule has 0 aliphatic carbocycles. The molecule has 3 rings (SSSR count). The number of carbonyl (C=O) groups excluding carboxylic acids is 2. The summed E-state index contributed by atoms with van der Waals surface area (Å²) < 4.78 is 10.6. The molecule has 0 saturated carbocycles. The van der Waals surface area contributed by atoms with Crippen LogP contribution in [0.15, 0.2) is 46.9 Å². The standard InChI is InChI=1S/C20H17N3O6.ClH/c1-10-6-16(23-15(24)9-17(25)26)29-18(10)20(27)28-14-5-4-11-7-13(19(21)22)3-2-12(11)8-14;/h2-8H,9H2,1H3,(H3,21,22)(H,23,24)(H,25,26);1H. The van der Waals surface area contributed by atoms with Gasteiger partial charge in [0.25, 0.3) is 0 Å². The number of amides is 1. The summed E-state index contributed by atoms with van der Waals surface area (Å²) in [6.07, 6.45) is -0.720. The molecule has 1 aromatic heterocycles. The van der Waals surface area contributed by atoms with Crippen LogP contribution in [0.5, 0.6) is 5.75 Å². The molecule has 0 radical (unpaired) electrons. The van der Waals surface area contributed by atoms with Crippen molar-refractivity contribution in [3.8, 4) is 5.75 Å². The molecule has 1 amide bonds. The predicted molar refractivity (Wildman–Crippen MR) is 111 cm³/mol. The molecule has 10 heteroatoms. The number of hydrogen-bond donors (Lipinski definition) is 4. The molecule has 0 atom stereocenters. The number of fused-ring (bicyclic) bond motifs is 1. The molecule has 0 aliphatic rings. The molecule has 0 spiro atoms. The Hall–Kier alpha value is -3.85. The number of ether oxygens (including phenoxy) is 1. The highest BCUT2D eigenvalue weighted by Gasteiger charge is 2.20. The molecular weight excluding hydrogens is 414 g/mol. The van der Waals surface area contributed by atoms with Gasteiger partial charge in [-0.15, -0.1) is 12.4 Å². The van der Waals surface area contributed by atoms with Gasteiger partial charge in [-0.1, -0.05) is 18.2 Å². The van der Waals surface area contributed by atoms with Crippen LogP contribution in [0.4, 0.5) is 5.88 Å². The van der Waals surface area contributed by atoms with Crippen LogP contribution in [0.1, 0.15) is 28.1 Å². The summed E-state index contributed by atoms with van der Waals surface area (Å²) in [5.74, 6) is -2.73. The molecule has 9 nitrogen and oxygen atoms in total. The second-order valence-corrected chi connectivity index (χ2v) is 6.27. The third-order valence-corrected chi connectivity index (χ3v) is 4.01. The van der Waals surface area contributed by atoms with E-state index in [-0.39, 0.29) is 35.6 Å². The van der Waals surface area contributed by atoms with Gasteiger partial charge >= 0.3 is 11.9 Å². The van der Waals surface area contributed by atoms with Gasteiger partial charge < -0.3 is 20.0 Å². The lowest BCUT2D eigenvalue weighted by molar-refractivity contribution is -0.139. The van der Waals surface area contributed by atoms with Crippen molar-refractivity contribution in [1.82, 2.24) is 0 Å². The number of nitrogens with two attached hydrogens (primary N) is 1. The lowest BCUT2D eigenvalue weighted by Crippen LogP contribution is -2.15. The second kappa shape index (κ2) is 9.10. The Morgan fingerprint density at radius 3 is 2.47 bits per heavy atom. The summed E-state index contributed by atoms with van der Waals surface area (Å²) >= 11 is 0. The van der Waals surface area contributed by atoms with Crippen molar-refractivity contribution in [3.05, 3.63) is 59.4 Å². The van der Waals surface area contributed by atoms with Crippen molar-refractivity contribution in [2.45, 2.75) is 13.3 Å². The number of rotatable bonds is 6. The van der Waals surface area contributed by atoms with Crippen LogP contribution < -0.4 is 15.8 Å². The summed E-state index contributed by atoms with van der Waals surface area (Å²) in [6, 6.07) is 11.6. The Bertz CT molecular complexity index is 1150. The number of carboxylic acids is 1. The number of esters is 1. The fourth-order valence-electron chi connectivity index (χ4n) is 2.67. The Labute approximate surface area is 176 Å². The van der Waals surface area contributed by atoms with Gasteiger partial charge in [-0.3, -0.25) is 20.3 Å². The Morgan fingerprint density at radius 1 is 1.13 bits per heavy atom. The molecule has 5 N–H and O–H groups in total. The van der Waals surface area contributed by atoms with Gasteiger partial charge in [0.15, 0.2) is 0 Å². The highest BCUT2D eigenvalue weighted by Crippen LogP contribution is 2.25. The number of anilines is 1. The smallest absolute Gasteiger partial charge is 0.380 e. The van der Waals surface area contributed by atoms with E-state index < -0.39 is 24.3 Å². The first-order valence-corrected chi connectivity index (χ1v) is 8.45. The molecule has 0 aliphatic heterocycles. The van der Waals surface area contributed by atoms with Crippen molar-refractivity contribution in [2.24, 2.45) is 5.73 Å². The first-order valence-electron chi connectivity index (χ1n) is 8.45. The van der Waals surface area contributed by atoms with Crippen LogP contribution in [0.2, 0.25) is 0 Å². The van der Waals surface area contributed by atoms with E-state index in [1.807, 2.05) is 0 Å². The number of hydrogen-bond acceptors (Lipinski definition) is 6. The van der Waals surface area contributed by atoms with Gasteiger partial charge in [-0.25, -0.2) is 4.79 Å². The molecule has 1 heterocycles. The first kappa shape index (κ1) is 22.4. The average Bonchev–Trinajstić information content (AvgIpc) is 3.00. The minimum absolute atomic E-state index is 0. The Balaban J connectivity index is 0.00000320. The lowest BCUT2D eigenvalue weighted by atomic mass is 10.1. The van der Waals surface area contributed by atoms with E-state index in [1.165, 1.54) is 6.07 Å². The van der Waals surface area contributed by atoms with E-state index in [1.54, 1.807) is 43.3 Å². The summed E-state index contributed by atoms with van der Waals surface area (Å²) in [4.78, 5) is 34.5. The Morgan fingerprint density at radius 2 is 1.80 bits per heavy atom. The molecule has 0 unspecified atom stereocenters. The maximum Gasteiger partial charge on any atom is 0.380 e. The molecule has 30 heavy (non-hydrogen) atoms. The number of aryl methyl sites for hydroxylation is 1. The van der Waals surface area contributed by atoms with Gasteiger partial charge in [0.2, 0.25) is 17.6 Å². The van der Waals surface area contributed by atoms with E-state index in [0.717, 1.165) is 10.8 Å². The van der Waals surface area contributed by atoms with Crippen molar-refractivity contribution in [3.63, 3.8) is 0 Å². The third kappa shape index (κ3) is 5.15. The third-order valence-electron chi connectivity index (χ3n) is 4.01. The molecule has 2 aromatic carbocycles. The topological polar surface area (TPSA) is 156 Å². The summed E-state index contributed by atoms with van der Waals surface area (Å²) in [5, 5.41) is 20.0. The number of nitrogens with one attached hydrogen (secondary N) is 2. The van der Waals surface area contributed by atoms with E-state index in [2.05, 4.69) is 5.32 Å². The molecule has 0 fully saturated rings. The quantitative estimate of drug-likeness (QED) is 0.153. The van der Waals surface area contributed by atoms with E-state index in [0.29, 0.717) is 11.1 Å². The van der Waals surface area contributed by atoms with E-state index >= 15 is 0 Å². The average molecular weight is 432 g/mol. The minimum atomic E-state index is -1.28. The van der Waals surface area contributed by atoms with Crippen LogP contribution in [-0.2, 0) is 9.59 Å². The van der Waals surface area contributed by atoms with Crippen molar-refractivity contribution in [2.75, 3.05) is 5.32 Å². The zero-order valence-corrected chi connectivity index (χ0v) is 16.5. The van der Waals surface area contributed by atoms with Gasteiger partial charge in [0.05, 0.1) is 0 Å². The molecule has 3 aromatic rings. The number of halogens is 1. The molecule has 0 bridgehead atoms. The number of benzene rings is 2. The van der Waals surface area contributed by atoms with Crippen molar-refractivity contribution < 1.29 is 28.6 Å². The molecule has 0 saturated heterocycles. The zero-order valence-electron chi connectivity index (χ0n) is 15.7. The monoisotopic (exact) mass is 431 g/mol. The number of carbonyl (C=O) groups is 3. The normalized spacial score (nSPS) is 10.2. The predicted octanol–water partition coefficient (Wildman–Crippen LogP) is 3.08. The summed E-state index contributed by atoms with van der Waals surface area (Å²) in [7, 11) is 0. The SMILES string of the molecule is Cc1cc(NC(=O)CC(=O)O)oc1C(=O)Oc1ccc2cc(C(=N)N)ccc2c1.Cl. The number of amidine groups is 1. The maximum absolute atomic E-state index is 12.4. The van der Waals surface area contributed by atoms with Crippen LogP contribution in [-0.4, -0.2) is 28.8 Å². The number of furan rings is 1. The van der Waals surface area contributed by atoms with Crippen LogP contribution in [0, 0.1) is 12.3 Å². The fourth-order valence-corrected chi connectivity index (χ4v) is 2.67. The highest BCUT2D eigenvalue weighted by atomic mass is 35.5. The maximum atomic E-state index is 12.4. The van der Waals surface area contributed by atoms with Crippen LogP contribution >= 0.6 is 12.4 Å². The van der Waals surface area contributed by atoms with E-state index in [4.69, 9.17) is 25.4 Å². The molecular formula is C20H18ClN3O6. The van der Waals surface area contributed by atoms with Gasteiger partial charge in [-0.05, 0) is 35.9 Å². The van der Waals surface area contributed by atoms with Crippen LogP contribution in [0.25, 0.3) is 10.8 Å². The van der Waals surface area contributed by atoms with Crippen molar-refractivity contribution >= 4 is 52.7 Å². The van der Waals surface area contributed by atoms with Gasteiger partial charge in [0.1, 0.15) is 18.0 Å². The van der Waals surface area contributed by atoms with Gasteiger partial charge in [0, 0.05) is 17.2 Å². The lowest BCUT2D eigenvalue weighted by Gasteiger charge is -2.06. The Kier molecular flexibility index (Phi) is 6.81. The largest absolute Gasteiger partial charge is 0.481 e. The number of aliphatic carboxylic acids is 1. The van der Waals surface area contributed by atoms with Gasteiger partial charge in [-0.2, -0.15) is 0 Å². The van der Waals surface area contributed by atoms with E-state index in [9.17, 15) is 14.4 Å². The van der Waals surface area contributed by atoms with Crippen molar-refractivity contribution in [1.29, 1.82) is 5.41 Å². The number of carboxylic acid groups (broad SMARTS) is 1. The summed E-state index contributed by atoms with van der Waals surface area (Å²) in [6.45, 7) is 1.59. The minimum Gasteiger partial charge on any atom is -0.481 e. The summed E-state index contributed by atoms with van der Waals surface area (Å²) in [5.41, 5.74) is 6.50. The van der Waals surface area contributed by atoms with Crippen LogP contribution in [0.3, 0.4) is 0 Å². The zero-order chi connectivity index (χ0) is 21.1. The highest BCUT2D eigenvalue weighted by molar-refractivity contribution is 6.01. The fraction of sp³-hybridized carbons (Fsp3) is 0.100. The number of nitrogen functional groups attached to an aromatic ring is 1. The second-order valence-electron chi connectivity index (χ2n) is 6.27. The first-order chi connectivity index (χ1) is 13.7.